The molecule has 0 aliphatic rings. The smallest absolute Gasteiger partial charge is 0.257 e. The number of aliphatic hydroxyl groups excluding tert-OH is 1. The first-order valence-corrected chi connectivity index (χ1v) is 6.05. The van der Waals surface area contributed by atoms with Gasteiger partial charge in [0.1, 0.15) is 5.75 Å². The number of hydrogen-bond donors (Lipinski definition) is 1. The number of amides is 1. The molecule has 0 heterocycles. The Labute approximate surface area is 108 Å². The fourth-order valence-electron chi connectivity index (χ4n) is 1.49. The number of para-hydroxylation sites is 1. The summed E-state index contributed by atoms with van der Waals surface area (Å²) in [5, 5.41) is 9.31. The van der Waals surface area contributed by atoms with Gasteiger partial charge >= 0.3 is 0 Å². The molecule has 0 saturated carbocycles. The van der Waals surface area contributed by atoms with Gasteiger partial charge in [0.25, 0.3) is 5.91 Å². The van der Waals surface area contributed by atoms with Gasteiger partial charge in [0.2, 0.25) is 0 Å². The number of likely N-dealkylation sites (N-methyl/N-ethyl adjacent to an activating group) is 1. The summed E-state index contributed by atoms with van der Waals surface area (Å²) in [6.07, 6.45) is 0. The topological polar surface area (TPSA) is 49.8 Å². The third-order valence-electron chi connectivity index (χ3n) is 3.02. The van der Waals surface area contributed by atoms with Gasteiger partial charge in [0.15, 0.2) is 0 Å². The van der Waals surface area contributed by atoms with Crippen LogP contribution in [0.25, 0.3) is 0 Å². The fraction of sp³-hybridized carbons (Fsp3) is 0.500. The molecule has 0 spiro atoms. The number of rotatable bonds is 5. The summed E-state index contributed by atoms with van der Waals surface area (Å²) in [6, 6.07) is 7.14. The zero-order valence-electron chi connectivity index (χ0n) is 11.4. The van der Waals surface area contributed by atoms with E-state index in [1.807, 2.05) is 26.8 Å². The Morgan fingerprint density at radius 3 is 2.56 bits per heavy atom. The molecule has 0 fully saturated rings. The molecular formula is C14H21NO3. The van der Waals surface area contributed by atoms with Gasteiger partial charge < -0.3 is 14.7 Å². The zero-order valence-corrected chi connectivity index (χ0v) is 11.4. The van der Waals surface area contributed by atoms with Gasteiger partial charge in [-0.2, -0.15) is 0 Å². The molecule has 1 aromatic carbocycles. The Kier molecular flexibility index (Phi) is 4.73. The highest BCUT2D eigenvalue weighted by Crippen LogP contribution is 2.22. The zero-order chi connectivity index (χ0) is 13.8. The molecule has 1 rings (SSSR count). The van der Waals surface area contributed by atoms with Crippen LogP contribution in [0, 0.1) is 0 Å². The van der Waals surface area contributed by atoms with E-state index in [1.54, 1.807) is 25.2 Å². The van der Waals surface area contributed by atoms with E-state index >= 15 is 0 Å². The lowest BCUT2D eigenvalue weighted by Crippen LogP contribution is -2.47. The Morgan fingerprint density at radius 2 is 2.00 bits per heavy atom. The lowest BCUT2D eigenvalue weighted by Gasteiger charge is -2.34. The Balaban J connectivity index is 3.04. The molecule has 4 nitrogen and oxygen atoms in total. The Bertz CT molecular complexity index is 415. The van der Waals surface area contributed by atoms with Crippen LogP contribution in [0.5, 0.6) is 5.75 Å². The molecule has 4 heteroatoms. The number of carbonyl (C=O) groups excluding carboxylic acids is 1. The molecule has 0 aliphatic heterocycles. The molecule has 0 aliphatic carbocycles. The van der Waals surface area contributed by atoms with Crippen molar-refractivity contribution < 1.29 is 14.6 Å². The number of nitrogens with zero attached hydrogens (tertiary/aromatic N) is 1. The average molecular weight is 251 g/mol. The first kappa shape index (κ1) is 14.5. The monoisotopic (exact) mass is 251 g/mol. The lowest BCUT2D eigenvalue weighted by atomic mass is 10.0. The number of benzene rings is 1. The van der Waals surface area contributed by atoms with E-state index in [0.29, 0.717) is 17.9 Å². The van der Waals surface area contributed by atoms with Crippen LogP contribution < -0.4 is 4.74 Å². The van der Waals surface area contributed by atoms with Crippen molar-refractivity contribution in [3.8, 4) is 5.75 Å². The van der Waals surface area contributed by atoms with Crippen LogP contribution in [0.1, 0.15) is 31.1 Å². The van der Waals surface area contributed by atoms with Gasteiger partial charge in [0.05, 0.1) is 24.3 Å². The minimum atomic E-state index is -0.601. The first-order chi connectivity index (χ1) is 8.44. The predicted molar refractivity (Wildman–Crippen MR) is 70.9 cm³/mol. The largest absolute Gasteiger partial charge is 0.493 e. The van der Waals surface area contributed by atoms with Crippen molar-refractivity contribution in [3.63, 3.8) is 0 Å². The number of ether oxygens (including phenoxy) is 1. The Hall–Kier alpha value is -1.55. The van der Waals surface area contributed by atoms with E-state index < -0.39 is 5.54 Å². The molecule has 0 unspecified atom stereocenters. The third kappa shape index (κ3) is 3.01. The summed E-state index contributed by atoms with van der Waals surface area (Å²) in [4.78, 5) is 13.9. The van der Waals surface area contributed by atoms with E-state index in [0.717, 1.165) is 0 Å². The van der Waals surface area contributed by atoms with E-state index in [9.17, 15) is 9.90 Å². The molecule has 1 N–H and O–H groups in total. The van der Waals surface area contributed by atoms with Gasteiger partial charge in [-0.05, 0) is 32.9 Å². The summed E-state index contributed by atoms with van der Waals surface area (Å²) >= 11 is 0. The van der Waals surface area contributed by atoms with Crippen LogP contribution in [0.2, 0.25) is 0 Å². The van der Waals surface area contributed by atoms with E-state index in [-0.39, 0.29) is 12.5 Å². The van der Waals surface area contributed by atoms with Crippen LogP contribution in [-0.4, -0.2) is 41.7 Å². The fourth-order valence-corrected chi connectivity index (χ4v) is 1.49. The van der Waals surface area contributed by atoms with Crippen LogP contribution >= 0.6 is 0 Å². The van der Waals surface area contributed by atoms with Gasteiger partial charge in [-0.3, -0.25) is 4.79 Å². The second-order valence-corrected chi connectivity index (χ2v) is 4.76. The standard InChI is InChI=1S/C14H21NO3/c1-5-18-12-9-7-6-8-11(12)13(17)15(4)14(2,3)10-16/h6-9,16H,5,10H2,1-4H3. The molecule has 0 saturated heterocycles. The molecule has 100 valence electrons. The summed E-state index contributed by atoms with van der Waals surface area (Å²) in [5.74, 6) is 0.420. The van der Waals surface area contributed by atoms with Crippen molar-refractivity contribution in [3.05, 3.63) is 29.8 Å². The van der Waals surface area contributed by atoms with Crippen LogP contribution in [0.3, 0.4) is 0 Å². The van der Waals surface area contributed by atoms with Gasteiger partial charge in [-0.1, -0.05) is 12.1 Å². The maximum absolute atomic E-state index is 12.4. The molecule has 18 heavy (non-hydrogen) atoms. The molecule has 1 aromatic rings. The van der Waals surface area contributed by atoms with E-state index in [1.165, 1.54) is 4.90 Å². The van der Waals surface area contributed by atoms with Crippen molar-refractivity contribution >= 4 is 5.91 Å². The van der Waals surface area contributed by atoms with Gasteiger partial charge in [-0.15, -0.1) is 0 Å². The van der Waals surface area contributed by atoms with Crippen molar-refractivity contribution in [2.24, 2.45) is 0 Å². The third-order valence-corrected chi connectivity index (χ3v) is 3.02. The van der Waals surface area contributed by atoms with E-state index in [4.69, 9.17) is 4.74 Å². The SMILES string of the molecule is CCOc1ccccc1C(=O)N(C)C(C)(C)CO. The van der Waals surface area contributed by atoms with Crippen LogP contribution in [0.4, 0.5) is 0 Å². The normalized spacial score (nSPS) is 11.2. The average Bonchev–Trinajstić information content (AvgIpc) is 2.38. The second kappa shape index (κ2) is 5.87. The molecule has 0 bridgehead atoms. The Morgan fingerprint density at radius 1 is 1.39 bits per heavy atom. The molecular weight excluding hydrogens is 230 g/mol. The summed E-state index contributed by atoms with van der Waals surface area (Å²) in [5.41, 5.74) is -0.0838. The van der Waals surface area contributed by atoms with Crippen LogP contribution in [-0.2, 0) is 0 Å². The van der Waals surface area contributed by atoms with Crippen molar-refractivity contribution in [1.82, 2.24) is 4.90 Å². The molecule has 1 amide bonds. The first-order valence-electron chi connectivity index (χ1n) is 6.05. The maximum atomic E-state index is 12.4. The molecule has 0 atom stereocenters. The minimum Gasteiger partial charge on any atom is -0.493 e. The van der Waals surface area contributed by atoms with Crippen molar-refractivity contribution in [2.75, 3.05) is 20.3 Å². The van der Waals surface area contributed by atoms with Crippen LogP contribution in [0.15, 0.2) is 24.3 Å². The summed E-state index contributed by atoms with van der Waals surface area (Å²) in [6.45, 7) is 5.93. The van der Waals surface area contributed by atoms with E-state index in [2.05, 4.69) is 0 Å². The highest BCUT2D eigenvalue weighted by molar-refractivity contribution is 5.97. The number of hydrogen-bond acceptors (Lipinski definition) is 3. The van der Waals surface area contributed by atoms with Gasteiger partial charge in [-0.25, -0.2) is 0 Å². The highest BCUT2D eigenvalue weighted by Gasteiger charge is 2.28. The predicted octanol–water partition coefficient (Wildman–Crippen LogP) is 1.93. The summed E-state index contributed by atoms with van der Waals surface area (Å²) < 4.78 is 5.44. The van der Waals surface area contributed by atoms with Crippen molar-refractivity contribution in [2.45, 2.75) is 26.3 Å². The second-order valence-electron chi connectivity index (χ2n) is 4.76. The molecule has 0 aromatic heterocycles. The summed E-state index contributed by atoms with van der Waals surface area (Å²) in [7, 11) is 1.68. The number of aliphatic hydroxyl groups is 1. The quantitative estimate of drug-likeness (QED) is 0.870. The minimum absolute atomic E-state index is 0.0912. The maximum Gasteiger partial charge on any atom is 0.257 e. The highest BCUT2D eigenvalue weighted by atomic mass is 16.5. The van der Waals surface area contributed by atoms with Crippen molar-refractivity contribution in [1.29, 1.82) is 0 Å². The number of carbonyl (C=O) groups is 1. The van der Waals surface area contributed by atoms with Gasteiger partial charge in [0, 0.05) is 7.05 Å². The molecule has 0 radical (unpaired) electrons. The lowest BCUT2D eigenvalue weighted by molar-refractivity contribution is 0.0469.